The molecule has 1 aromatic heterocycles. The summed E-state index contributed by atoms with van der Waals surface area (Å²) in [5.74, 6) is 1.86. The summed E-state index contributed by atoms with van der Waals surface area (Å²) in [5, 5.41) is 4.98. The van der Waals surface area contributed by atoms with E-state index in [9.17, 15) is 4.79 Å². The maximum absolute atomic E-state index is 11.9. The van der Waals surface area contributed by atoms with Gasteiger partial charge >= 0.3 is 0 Å². The molecule has 0 fully saturated rings. The fourth-order valence-electron chi connectivity index (χ4n) is 4.01. The zero-order valence-corrected chi connectivity index (χ0v) is 21.7. The Hall–Kier alpha value is -3.75. The minimum absolute atomic E-state index is 0. The molecule has 36 heavy (non-hydrogen) atoms. The number of aromatic nitrogens is 1. The number of nitrogens with zero attached hydrogens (tertiary/aromatic N) is 2. The minimum Gasteiger partial charge on any atom is -0.493 e. The van der Waals surface area contributed by atoms with E-state index in [0.29, 0.717) is 29.5 Å². The van der Waals surface area contributed by atoms with Gasteiger partial charge in [-0.15, -0.1) is 23.7 Å². The van der Waals surface area contributed by atoms with Crippen molar-refractivity contribution in [3.05, 3.63) is 82.0 Å². The maximum atomic E-state index is 11.9. The molecule has 0 atom stereocenters. The van der Waals surface area contributed by atoms with E-state index in [1.165, 1.54) is 0 Å². The zero-order valence-electron chi connectivity index (χ0n) is 20.1. The quantitative estimate of drug-likeness (QED) is 0.358. The molecule has 1 amide bonds. The maximum Gasteiger partial charge on any atom is 0.262 e. The van der Waals surface area contributed by atoms with E-state index in [-0.39, 0.29) is 24.9 Å². The predicted octanol–water partition coefficient (Wildman–Crippen LogP) is 5.58. The number of nitrogens with one attached hydrogen (secondary N) is 1. The first-order valence-corrected chi connectivity index (χ1v) is 12.0. The summed E-state index contributed by atoms with van der Waals surface area (Å²) >= 11 is 1.57. The van der Waals surface area contributed by atoms with Crippen LogP contribution in [0, 0.1) is 6.92 Å². The second-order valence-electron chi connectivity index (χ2n) is 8.18. The smallest absolute Gasteiger partial charge is 0.262 e. The molecule has 9 heteroatoms. The van der Waals surface area contributed by atoms with Crippen LogP contribution in [0.1, 0.15) is 11.1 Å². The van der Waals surface area contributed by atoms with Crippen molar-refractivity contribution in [2.45, 2.75) is 13.5 Å². The van der Waals surface area contributed by atoms with Crippen molar-refractivity contribution in [2.24, 2.45) is 4.99 Å². The van der Waals surface area contributed by atoms with Crippen molar-refractivity contribution in [2.75, 3.05) is 26.1 Å². The van der Waals surface area contributed by atoms with Crippen molar-refractivity contribution < 1.29 is 19.0 Å². The zero-order chi connectivity index (χ0) is 24.4. The fourth-order valence-corrected chi connectivity index (χ4v) is 4.94. The van der Waals surface area contributed by atoms with Crippen LogP contribution in [-0.4, -0.2) is 31.3 Å². The lowest BCUT2D eigenvalue weighted by Gasteiger charge is -2.19. The topological polar surface area (TPSA) is 74.1 Å². The largest absolute Gasteiger partial charge is 0.493 e. The average Bonchev–Trinajstić information content (AvgIpc) is 3.25. The number of aryl methyl sites for hydroxylation is 1. The number of fused-ring (bicyclic) bond motifs is 1. The van der Waals surface area contributed by atoms with Crippen LogP contribution in [0.2, 0.25) is 0 Å². The lowest BCUT2D eigenvalue weighted by atomic mass is 10.1. The Morgan fingerprint density at radius 2 is 1.89 bits per heavy atom. The van der Waals surface area contributed by atoms with Gasteiger partial charge in [0.05, 0.1) is 37.8 Å². The number of thiazole rings is 1. The number of carbonyl (C=O) groups is 1. The normalized spacial score (nSPS) is 12.8. The molecule has 5 rings (SSSR count). The molecule has 0 unspecified atom stereocenters. The molecule has 0 spiro atoms. The number of hydrogen-bond acceptors (Lipinski definition) is 6. The number of anilines is 1. The standard InChI is InChI=1S/C27H25N3O4S.ClH/c1-17-5-4-6-20(11-17)28-27-30(14-18-7-9-24(32-2)25(12-18)33-3)22(16-35-27)19-8-10-23-21(13-19)29-26(31)15-34-23;/h4-13,16H,14-15H2,1-3H3,(H,29,31);1H. The highest BCUT2D eigenvalue weighted by molar-refractivity contribution is 7.07. The highest BCUT2D eigenvalue weighted by Crippen LogP contribution is 2.34. The van der Waals surface area contributed by atoms with Gasteiger partial charge in [-0.3, -0.25) is 4.79 Å². The van der Waals surface area contributed by atoms with Crippen molar-refractivity contribution in [3.8, 4) is 28.5 Å². The van der Waals surface area contributed by atoms with Crippen LogP contribution >= 0.6 is 23.7 Å². The van der Waals surface area contributed by atoms with Gasteiger partial charge in [-0.2, -0.15) is 0 Å². The van der Waals surface area contributed by atoms with Crippen LogP contribution in [0.25, 0.3) is 11.3 Å². The summed E-state index contributed by atoms with van der Waals surface area (Å²) < 4.78 is 18.6. The SMILES string of the molecule is COc1ccc(Cn2c(-c3ccc4c(c3)NC(=O)CO4)csc2=Nc2cccc(C)c2)cc1OC.Cl. The Kier molecular flexibility index (Phi) is 7.67. The molecule has 7 nitrogen and oxygen atoms in total. The number of rotatable bonds is 6. The van der Waals surface area contributed by atoms with Gasteiger partial charge in [0.1, 0.15) is 5.75 Å². The van der Waals surface area contributed by atoms with Crippen molar-refractivity contribution in [1.29, 1.82) is 0 Å². The summed E-state index contributed by atoms with van der Waals surface area (Å²) in [5.41, 5.74) is 5.70. The number of amides is 1. The van der Waals surface area contributed by atoms with Gasteiger partial charge in [0.15, 0.2) is 22.9 Å². The van der Waals surface area contributed by atoms with Gasteiger partial charge in [0.2, 0.25) is 0 Å². The van der Waals surface area contributed by atoms with Crippen LogP contribution in [-0.2, 0) is 11.3 Å². The molecule has 0 radical (unpaired) electrons. The van der Waals surface area contributed by atoms with E-state index in [4.69, 9.17) is 19.2 Å². The monoisotopic (exact) mass is 523 g/mol. The van der Waals surface area contributed by atoms with Gasteiger partial charge in [0.25, 0.3) is 5.91 Å². The molecule has 4 aromatic rings. The molecule has 0 saturated carbocycles. The van der Waals surface area contributed by atoms with E-state index in [0.717, 1.165) is 32.9 Å². The summed E-state index contributed by atoms with van der Waals surface area (Å²) in [7, 11) is 3.26. The highest BCUT2D eigenvalue weighted by Gasteiger charge is 2.18. The third-order valence-corrected chi connectivity index (χ3v) is 6.58. The molecule has 1 N–H and O–H groups in total. The highest BCUT2D eigenvalue weighted by atomic mass is 35.5. The summed E-state index contributed by atoms with van der Waals surface area (Å²) in [6.07, 6.45) is 0. The second-order valence-corrected chi connectivity index (χ2v) is 9.01. The lowest BCUT2D eigenvalue weighted by Crippen LogP contribution is -2.25. The number of ether oxygens (including phenoxy) is 3. The first-order chi connectivity index (χ1) is 17.0. The first kappa shape index (κ1) is 25.3. The predicted molar refractivity (Wildman–Crippen MR) is 144 cm³/mol. The van der Waals surface area contributed by atoms with Gasteiger partial charge in [0, 0.05) is 10.9 Å². The molecule has 2 heterocycles. The Morgan fingerprint density at radius 1 is 1.06 bits per heavy atom. The number of benzene rings is 3. The average molecular weight is 524 g/mol. The lowest BCUT2D eigenvalue weighted by molar-refractivity contribution is -0.118. The van der Waals surface area contributed by atoms with Gasteiger partial charge < -0.3 is 24.1 Å². The minimum atomic E-state index is -0.159. The van der Waals surface area contributed by atoms with E-state index in [1.807, 2.05) is 48.5 Å². The molecule has 186 valence electrons. The van der Waals surface area contributed by atoms with E-state index in [2.05, 4.69) is 34.3 Å². The third-order valence-electron chi connectivity index (χ3n) is 5.72. The van der Waals surface area contributed by atoms with E-state index < -0.39 is 0 Å². The van der Waals surface area contributed by atoms with Crippen LogP contribution in [0.15, 0.2) is 71.0 Å². The van der Waals surface area contributed by atoms with Crippen LogP contribution in [0.3, 0.4) is 0 Å². The number of carbonyl (C=O) groups excluding carboxylic acids is 1. The van der Waals surface area contributed by atoms with Crippen molar-refractivity contribution >= 4 is 41.0 Å². The Balaban J connectivity index is 0.00000304. The molecular formula is C27H26ClN3O4S. The summed E-state index contributed by atoms with van der Waals surface area (Å²) in [6.45, 7) is 2.66. The van der Waals surface area contributed by atoms with Crippen LogP contribution in [0.5, 0.6) is 17.2 Å². The Labute approximate surface area is 219 Å². The molecule has 0 aliphatic carbocycles. The fraction of sp³-hybridized carbons (Fsp3) is 0.185. The molecular weight excluding hydrogens is 498 g/mol. The van der Waals surface area contributed by atoms with Crippen LogP contribution in [0.4, 0.5) is 11.4 Å². The van der Waals surface area contributed by atoms with Crippen LogP contribution < -0.4 is 24.3 Å². The first-order valence-electron chi connectivity index (χ1n) is 11.1. The van der Waals surface area contributed by atoms with Gasteiger partial charge in [-0.1, -0.05) is 18.2 Å². The molecule has 0 saturated heterocycles. The van der Waals surface area contributed by atoms with Gasteiger partial charge in [-0.05, 0) is 60.5 Å². The van der Waals surface area contributed by atoms with Gasteiger partial charge in [-0.25, -0.2) is 4.99 Å². The van der Waals surface area contributed by atoms with E-state index >= 15 is 0 Å². The number of methoxy groups -OCH3 is 2. The Morgan fingerprint density at radius 3 is 2.67 bits per heavy atom. The van der Waals surface area contributed by atoms with E-state index in [1.54, 1.807) is 25.6 Å². The second kappa shape index (κ2) is 10.9. The number of halogens is 1. The summed E-state index contributed by atoms with van der Waals surface area (Å²) in [6, 6.07) is 19.9. The van der Waals surface area contributed by atoms with Crippen molar-refractivity contribution in [3.63, 3.8) is 0 Å². The number of hydrogen-bond donors (Lipinski definition) is 1. The molecule has 0 bridgehead atoms. The Bertz CT molecular complexity index is 1480. The summed E-state index contributed by atoms with van der Waals surface area (Å²) in [4.78, 5) is 17.7. The molecule has 3 aromatic carbocycles. The third kappa shape index (κ3) is 5.24. The molecule has 1 aliphatic heterocycles. The van der Waals surface area contributed by atoms with Crippen molar-refractivity contribution in [1.82, 2.24) is 4.57 Å². The molecule has 1 aliphatic rings.